The van der Waals surface area contributed by atoms with Crippen LogP contribution < -0.4 is 5.32 Å². The predicted molar refractivity (Wildman–Crippen MR) is 72.2 cm³/mol. The van der Waals surface area contributed by atoms with Crippen molar-refractivity contribution < 1.29 is 14.3 Å². The highest BCUT2D eigenvalue weighted by molar-refractivity contribution is 9.10. The molecule has 0 heterocycles. The first kappa shape index (κ1) is 14.7. The summed E-state index contributed by atoms with van der Waals surface area (Å²) in [5.74, 6) is -1.60. The van der Waals surface area contributed by atoms with Crippen LogP contribution in [0.3, 0.4) is 0 Å². The first-order valence-corrected chi connectivity index (χ1v) is 6.29. The van der Waals surface area contributed by atoms with Gasteiger partial charge in [0.1, 0.15) is 0 Å². The molecule has 18 heavy (non-hydrogen) atoms. The van der Waals surface area contributed by atoms with Crippen LogP contribution >= 0.6 is 15.9 Å². The molecule has 0 aliphatic heterocycles. The molecule has 1 rings (SSSR count). The van der Waals surface area contributed by atoms with Crippen LogP contribution in [0.2, 0.25) is 0 Å². The van der Waals surface area contributed by atoms with E-state index in [4.69, 9.17) is 0 Å². The van der Waals surface area contributed by atoms with E-state index in [0.29, 0.717) is 6.54 Å². The number of amides is 1. The van der Waals surface area contributed by atoms with Gasteiger partial charge in [0.05, 0.1) is 7.11 Å². The van der Waals surface area contributed by atoms with Crippen molar-refractivity contribution in [1.82, 2.24) is 5.32 Å². The summed E-state index contributed by atoms with van der Waals surface area (Å²) in [5.41, 5.74) is 0.777. The van der Waals surface area contributed by atoms with E-state index in [-0.39, 0.29) is 5.41 Å². The van der Waals surface area contributed by atoms with Gasteiger partial charge in [-0.25, -0.2) is 4.79 Å². The highest BCUT2D eigenvalue weighted by atomic mass is 79.9. The Labute approximate surface area is 115 Å². The number of ether oxygens (including phenoxy) is 1. The van der Waals surface area contributed by atoms with Crippen molar-refractivity contribution in [2.75, 3.05) is 13.7 Å². The van der Waals surface area contributed by atoms with Gasteiger partial charge in [0, 0.05) is 16.4 Å². The van der Waals surface area contributed by atoms with Gasteiger partial charge in [-0.05, 0) is 11.6 Å². The third kappa shape index (κ3) is 3.57. The second kappa shape index (κ2) is 6.00. The average molecular weight is 314 g/mol. The number of esters is 1. The van der Waals surface area contributed by atoms with Gasteiger partial charge in [0.15, 0.2) is 0 Å². The van der Waals surface area contributed by atoms with Crippen molar-refractivity contribution in [2.24, 2.45) is 0 Å². The van der Waals surface area contributed by atoms with Crippen molar-refractivity contribution >= 4 is 27.8 Å². The molecule has 0 bridgehead atoms. The van der Waals surface area contributed by atoms with E-state index in [1.807, 2.05) is 38.1 Å². The number of methoxy groups -OCH3 is 1. The number of carbonyl (C=O) groups excluding carboxylic acids is 2. The van der Waals surface area contributed by atoms with Gasteiger partial charge in [-0.2, -0.15) is 0 Å². The van der Waals surface area contributed by atoms with Crippen LogP contribution in [-0.4, -0.2) is 25.5 Å². The van der Waals surface area contributed by atoms with Crippen LogP contribution in [0.15, 0.2) is 28.7 Å². The van der Waals surface area contributed by atoms with Gasteiger partial charge in [-0.3, -0.25) is 4.79 Å². The highest BCUT2D eigenvalue weighted by Gasteiger charge is 2.25. The summed E-state index contributed by atoms with van der Waals surface area (Å²) in [4.78, 5) is 22.3. The Kier molecular flexibility index (Phi) is 4.90. The molecule has 1 amide bonds. The zero-order valence-corrected chi connectivity index (χ0v) is 12.2. The number of halogens is 1. The van der Waals surface area contributed by atoms with Crippen LogP contribution in [-0.2, 0) is 19.7 Å². The van der Waals surface area contributed by atoms with Gasteiger partial charge in [0.25, 0.3) is 0 Å². The van der Waals surface area contributed by atoms with Gasteiger partial charge < -0.3 is 10.1 Å². The van der Waals surface area contributed by atoms with E-state index in [1.54, 1.807) is 0 Å². The lowest BCUT2D eigenvalue weighted by molar-refractivity contribution is -0.152. The zero-order valence-electron chi connectivity index (χ0n) is 10.6. The summed E-state index contributed by atoms with van der Waals surface area (Å²) in [6, 6.07) is 7.79. The van der Waals surface area contributed by atoms with Crippen LogP contribution in [0.25, 0.3) is 0 Å². The molecule has 0 saturated carbocycles. The molecule has 0 atom stereocenters. The van der Waals surface area contributed by atoms with Gasteiger partial charge >= 0.3 is 11.9 Å². The van der Waals surface area contributed by atoms with E-state index < -0.39 is 11.9 Å². The lowest BCUT2D eigenvalue weighted by Crippen LogP contribution is -2.40. The molecule has 0 fully saturated rings. The molecule has 0 aromatic heterocycles. The maximum absolute atomic E-state index is 11.3. The molecule has 0 aliphatic carbocycles. The topological polar surface area (TPSA) is 55.4 Å². The molecule has 5 heteroatoms. The van der Waals surface area contributed by atoms with E-state index in [2.05, 4.69) is 26.0 Å². The predicted octanol–water partition coefficient (Wildman–Crippen LogP) is 2.02. The Morgan fingerprint density at radius 1 is 1.33 bits per heavy atom. The number of benzene rings is 1. The fourth-order valence-corrected chi connectivity index (χ4v) is 2.39. The van der Waals surface area contributed by atoms with Crippen LogP contribution in [0, 0.1) is 0 Å². The molecule has 0 saturated heterocycles. The minimum Gasteiger partial charge on any atom is -0.462 e. The average Bonchev–Trinajstić information content (AvgIpc) is 2.35. The standard InChI is InChI=1S/C13H16BrNO3/c1-13(2,8-15-11(16)12(17)18-3)9-6-4-5-7-10(9)14/h4-7H,8H2,1-3H3,(H,15,16). The Bertz CT molecular complexity index is 457. The van der Waals surface area contributed by atoms with Crippen LogP contribution in [0.1, 0.15) is 19.4 Å². The van der Waals surface area contributed by atoms with Gasteiger partial charge in [-0.15, -0.1) is 0 Å². The smallest absolute Gasteiger partial charge is 0.396 e. The lowest BCUT2D eigenvalue weighted by atomic mass is 9.84. The maximum Gasteiger partial charge on any atom is 0.396 e. The second-order valence-corrected chi connectivity index (χ2v) is 5.39. The molecule has 4 nitrogen and oxygen atoms in total. The van der Waals surface area contributed by atoms with Gasteiger partial charge in [-0.1, -0.05) is 48.0 Å². The van der Waals surface area contributed by atoms with Crippen molar-refractivity contribution in [3.63, 3.8) is 0 Å². The van der Waals surface area contributed by atoms with Crippen LogP contribution in [0.5, 0.6) is 0 Å². The fourth-order valence-electron chi connectivity index (χ4n) is 1.57. The van der Waals surface area contributed by atoms with Crippen molar-refractivity contribution in [1.29, 1.82) is 0 Å². The number of hydrogen-bond donors (Lipinski definition) is 1. The first-order chi connectivity index (χ1) is 8.38. The largest absolute Gasteiger partial charge is 0.462 e. The fraction of sp³-hybridized carbons (Fsp3) is 0.385. The summed E-state index contributed by atoms with van der Waals surface area (Å²) in [6.45, 7) is 4.33. The molecule has 0 aliphatic rings. The van der Waals surface area contributed by atoms with Crippen molar-refractivity contribution in [3.8, 4) is 0 Å². The van der Waals surface area contributed by atoms with E-state index in [1.165, 1.54) is 7.11 Å². The van der Waals surface area contributed by atoms with E-state index in [0.717, 1.165) is 10.0 Å². The van der Waals surface area contributed by atoms with Crippen molar-refractivity contribution in [3.05, 3.63) is 34.3 Å². The minimum atomic E-state index is -0.877. The minimum absolute atomic E-state index is 0.288. The highest BCUT2D eigenvalue weighted by Crippen LogP contribution is 2.29. The zero-order chi connectivity index (χ0) is 13.8. The number of rotatable bonds is 3. The quantitative estimate of drug-likeness (QED) is 0.686. The summed E-state index contributed by atoms with van der Waals surface area (Å²) in [5, 5.41) is 2.57. The summed E-state index contributed by atoms with van der Waals surface area (Å²) in [7, 11) is 1.18. The normalized spacial score (nSPS) is 10.9. The van der Waals surface area contributed by atoms with E-state index in [9.17, 15) is 9.59 Å². The monoisotopic (exact) mass is 313 g/mol. The summed E-state index contributed by atoms with van der Waals surface area (Å²) in [6.07, 6.45) is 0. The Morgan fingerprint density at radius 3 is 2.50 bits per heavy atom. The SMILES string of the molecule is COC(=O)C(=O)NCC(C)(C)c1ccccc1Br. The number of carbonyl (C=O) groups is 2. The van der Waals surface area contributed by atoms with E-state index >= 15 is 0 Å². The molecule has 0 unspecified atom stereocenters. The number of hydrogen-bond acceptors (Lipinski definition) is 3. The molecule has 0 radical (unpaired) electrons. The molecular weight excluding hydrogens is 298 g/mol. The third-order valence-electron chi connectivity index (χ3n) is 2.66. The van der Waals surface area contributed by atoms with Gasteiger partial charge in [0.2, 0.25) is 0 Å². The molecule has 1 N–H and O–H groups in total. The Hall–Kier alpha value is -1.36. The number of nitrogens with one attached hydrogen (secondary N) is 1. The lowest BCUT2D eigenvalue weighted by Gasteiger charge is -2.26. The molecule has 1 aromatic rings. The third-order valence-corrected chi connectivity index (χ3v) is 3.36. The second-order valence-electron chi connectivity index (χ2n) is 4.54. The Morgan fingerprint density at radius 2 is 1.94 bits per heavy atom. The van der Waals surface area contributed by atoms with Crippen LogP contribution in [0.4, 0.5) is 0 Å². The molecule has 1 aromatic carbocycles. The molecular formula is C13H16BrNO3. The van der Waals surface area contributed by atoms with Crippen molar-refractivity contribution in [2.45, 2.75) is 19.3 Å². The first-order valence-electron chi connectivity index (χ1n) is 5.49. The molecule has 0 spiro atoms. The molecule has 98 valence electrons. The Balaban J connectivity index is 2.74. The summed E-state index contributed by atoms with van der Waals surface area (Å²) >= 11 is 3.48. The maximum atomic E-state index is 11.3. The summed E-state index contributed by atoms with van der Waals surface area (Å²) < 4.78 is 5.32.